The molecule has 3 saturated heterocycles. The van der Waals surface area contributed by atoms with Crippen LogP contribution in [-0.4, -0.2) is 176 Å². The normalized spacial score (nSPS) is 15.1. The Morgan fingerprint density at radius 1 is 0.578 bits per heavy atom. The van der Waals surface area contributed by atoms with Crippen LogP contribution in [0.1, 0.15) is 123 Å². The number of nitrogen functional groups attached to an aromatic ring is 1. The van der Waals surface area contributed by atoms with E-state index in [2.05, 4.69) is 124 Å². The highest BCUT2D eigenvalue weighted by atomic mass is 79.9. The average molecular weight is 1490 g/mol. The summed E-state index contributed by atoms with van der Waals surface area (Å²) in [5.41, 5.74) is 11.3. The summed E-state index contributed by atoms with van der Waals surface area (Å²) in [5, 5.41) is 72.8. The summed E-state index contributed by atoms with van der Waals surface area (Å²) < 4.78 is 9.32. The van der Waals surface area contributed by atoms with Gasteiger partial charge in [-0.2, -0.15) is 25.5 Å². The molecule has 3 aliphatic heterocycles. The lowest BCUT2D eigenvalue weighted by molar-refractivity contribution is -0.136. The van der Waals surface area contributed by atoms with Gasteiger partial charge in [-0.3, -0.25) is 48.3 Å². The van der Waals surface area contributed by atoms with Crippen LogP contribution < -0.4 is 37.2 Å². The van der Waals surface area contributed by atoms with Crippen molar-refractivity contribution in [1.82, 2.24) is 106 Å². The number of pyridine rings is 3. The fraction of sp³-hybridized carbons (Fsp3) is 0.348. The fourth-order valence-electron chi connectivity index (χ4n) is 10.1. The Kier molecular flexibility index (Phi) is 27.5. The number of hydrogen-bond acceptors (Lipinski definition) is 27. The summed E-state index contributed by atoms with van der Waals surface area (Å²) in [4.78, 5) is 86.1. The number of nitrogens with zero attached hydrogens (tertiary/aromatic N) is 19. The second kappa shape index (κ2) is 37.4. The van der Waals surface area contributed by atoms with Crippen LogP contribution in [0.4, 0.5) is 27.4 Å². The van der Waals surface area contributed by atoms with Crippen LogP contribution in [0.5, 0.6) is 0 Å². The predicted octanol–water partition coefficient (Wildman–Crippen LogP) is 6.15. The van der Waals surface area contributed by atoms with E-state index in [1.54, 1.807) is 75.3 Å². The largest absolute Gasteiger partial charge is 0.481 e. The number of amides is 5. The van der Waals surface area contributed by atoms with Gasteiger partial charge in [0.1, 0.15) is 11.4 Å². The fourth-order valence-corrected chi connectivity index (χ4v) is 11.9. The molecule has 13 heterocycles. The first-order valence-electron chi connectivity index (χ1n) is 32.2. The molecule has 3 aliphatic rings. The summed E-state index contributed by atoms with van der Waals surface area (Å²) in [6.45, 7) is 11.1. The number of nitrogens with one attached hydrogen (secondary N) is 5. The minimum Gasteiger partial charge on any atom is -0.481 e. The molecule has 0 radical (unpaired) electrons. The van der Waals surface area contributed by atoms with Gasteiger partial charge in [-0.15, -0.1) is 35.7 Å². The van der Waals surface area contributed by atoms with E-state index < -0.39 is 11.6 Å². The van der Waals surface area contributed by atoms with Crippen molar-refractivity contribution >= 4 is 96.9 Å². The zero-order valence-electron chi connectivity index (χ0n) is 56.4. The van der Waals surface area contributed by atoms with Crippen LogP contribution in [0.3, 0.4) is 0 Å². The molecular weight excluding hydrogens is 1410 g/mol. The van der Waals surface area contributed by atoms with Gasteiger partial charge in [-0.25, -0.2) is 4.79 Å². The topological polar surface area (TPSA) is 428 Å². The highest BCUT2D eigenvalue weighted by Gasteiger charge is 2.32. The lowest BCUT2D eigenvalue weighted by Crippen LogP contribution is -2.35. The molecular formula is C66H76BrN25O8S2. The number of hydrogen-bond donors (Lipinski definition) is 7. The molecule has 3 unspecified atom stereocenters. The van der Waals surface area contributed by atoms with Crippen molar-refractivity contribution in [2.24, 2.45) is 14.1 Å². The van der Waals surface area contributed by atoms with E-state index in [9.17, 15) is 28.8 Å². The van der Waals surface area contributed by atoms with Crippen LogP contribution in [0.15, 0.2) is 138 Å². The number of halogens is 1. The van der Waals surface area contributed by atoms with Gasteiger partial charge >= 0.3 is 12.1 Å². The number of carboxylic acids is 1. The summed E-state index contributed by atoms with van der Waals surface area (Å²) in [6.07, 6.45) is 11.5. The van der Waals surface area contributed by atoms with Gasteiger partial charge in [0.05, 0.1) is 66.5 Å². The summed E-state index contributed by atoms with van der Waals surface area (Å²) in [7, 11) is 3.65. The van der Waals surface area contributed by atoms with Gasteiger partial charge in [0.2, 0.25) is 27.0 Å². The Morgan fingerprint density at radius 2 is 1.09 bits per heavy atom. The number of aryl methyl sites for hydroxylation is 2. The third kappa shape index (κ3) is 24.7. The molecule has 0 spiro atoms. The highest BCUT2D eigenvalue weighted by molar-refractivity contribution is 9.11. The molecule has 10 aromatic rings. The molecule has 0 bridgehead atoms. The van der Waals surface area contributed by atoms with Crippen molar-refractivity contribution in [2.45, 2.75) is 95.7 Å². The number of carbonyl (C=O) groups is 6. The van der Waals surface area contributed by atoms with Crippen molar-refractivity contribution in [3.05, 3.63) is 194 Å². The molecule has 3 fully saturated rings. The lowest BCUT2D eigenvalue weighted by Gasteiger charge is -2.24. The zero-order valence-corrected chi connectivity index (χ0v) is 59.6. The minimum absolute atomic E-state index is 0.000833. The highest BCUT2D eigenvalue weighted by Crippen LogP contribution is 2.32. The minimum atomic E-state index is -0.848. The zero-order chi connectivity index (χ0) is 72.4. The number of aliphatic carboxylic acids is 1. The van der Waals surface area contributed by atoms with Crippen LogP contribution in [0.2, 0.25) is 0 Å². The number of ether oxygens (including phenoxy) is 1. The van der Waals surface area contributed by atoms with Gasteiger partial charge in [-0.1, -0.05) is 40.9 Å². The van der Waals surface area contributed by atoms with E-state index in [1.165, 1.54) is 22.7 Å². The van der Waals surface area contributed by atoms with E-state index in [-0.39, 0.29) is 60.8 Å². The molecule has 532 valence electrons. The van der Waals surface area contributed by atoms with Crippen molar-refractivity contribution in [2.75, 3.05) is 60.5 Å². The van der Waals surface area contributed by atoms with Gasteiger partial charge in [0, 0.05) is 107 Å². The Bertz CT molecular complexity index is 4310. The summed E-state index contributed by atoms with van der Waals surface area (Å²) >= 11 is 5.61. The molecule has 0 aliphatic carbocycles. The number of rotatable bonds is 18. The molecule has 13 rings (SSSR count). The number of aromatic nitrogens is 17. The molecule has 102 heavy (non-hydrogen) atoms. The maximum absolute atomic E-state index is 12.4. The molecule has 33 nitrogen and oxygen atoms in total. The van der Waals surface area contributed by atoms with E-state index in [1.807, 2.05) is 108 Å². The SMILES string of the molecule is CC(C)(C)OC(=O)N1CCC(c2ccc(N)nn2)C1.Cn1ccc(CNC(=O)c2nnc(Br)s2)n1.Cn1ccc(CNC(=O)c2nnc(N3CCC(c4ccc(NC(=O)Cc5ccccn5)nn4)C3)s2)n1.O=C(Cc1ccccn1)Nc1ccc(C2CCNC2)nn1.O=C(O)Cc1ccccn1. The quantitative estimate of drug-likeness (QED) is 0.0506. The number of anilines is 4. The second-order valence-corrected chi connectivity index (χ2v) is 27.4. The first kappa shape index (κ1) is 75.1. The van der Waals surface area contributed by atoms with Crippen LogP contribution in [0, 0.1) is 0 Å². The first-order chi connectivity index (χ1) is 49.1. The summed E-state index contributed by atoms with van der Waals surface area (Å²) in [5.74, 6) is 0.394. The van der Waals surface area contributed by atoms with Crippen molar-refractivity contribution in [1.29, 1.82) is 0 Å². The van der Waals surface area contributed by atoms with Crippen molar-refractivity contribution < 1.29 is 38.6 Å². The van der Waals surface area contributed by atoms with Crippen LogP contribution in [-0.2, 0) is 65.6 Å². The maximum Gasteiger partial charge on any atom is 0.410 e. The number of nitrogens with two attached hydrogens (primary N) is 1. The third-order valence-corrected chi connectivity index (χ3v) is 17.4. The van der Waals surface area contributed by atoms with E-state index >= 15 is 0 Å². The maximum atomic E-state index is 12.4. The van der Waals surface area contributed by atoms with E-state index in [0.717, 1.165) is 73.1 Å². The third-order valence-electron chi connectivity index (χ3n) is 15.0. The Labute approximate surface area is 602 Å². The predicted molar refractivity (Wildman–Crippen MR) is 380 cm³/mol. The molecule has 8 N–H and O–H groups in total. The standard InChI is InChI=1S/C23H24N10O2S.C15H17N5O.C13H20N4O2.C8H8BrN5OS.C7H7NO2/c1-32-10-8-17(31-32)13-25-21(35)22-29-30-23(36-22)33-11-7-15(14-33)18-5-6-19(28-27-18)26-20(34)12-16-4-2-3-9-24-16;21-15(9-12-3-1-2-7-17-12)18-14-5-4-13(19-20-14)11-6-8-16-10-11;1-13(2,3)19-12(18)17-7-6-9(8-17)10-4-5-11(14)16-15-10;1-14-3-2-5(13-14)4-10-6(15)7-11-12-8(9)16-7;9-7(10)5-6-3-1-2-4-8-6/h2-6,8-10,15H,7,11-14H2,1H3,(H,25,35)(H,26,28,34);1-5,7,11,16H,6,8-10H2,(H,18,20,21);4-5,9H,6-8H2,1-3H3,(H2,14,16);2-3H,4H2,1H3,(H,10,15);1-4H,5H2,(H,9,10). The lowest BCUT2D eigenvalue weighted by atomic mass is 10.1. The van der Waals surface area contributed by atoms with Gasteiger partial charge in [-0.05, 0) is 147 Å². The molecule has 0 saturated carbocycles. The number of likely N-dealkylation sites (tertiary alicyclic amines) is 1. The molecule has 0 aromatic carbocycles. The van der Waals surface area contributed by atoms with Crippen LogP contribution >= 0.6 is 38.6 Å². The summed E-state index contributed by atoms with van der Waals surface area (Å²) in [6, 6.07) is 30.8. The Morgan fingerprint density at radius 3 is 1.54 bits per heavy atom. The van der Waals surface area contributed by atoms with Gasteiger partial charge < -0.3 is 52.0 Å². The Hall–Kier alpha value is -11.1. The molecule has 36 heteroatoms. The second-order valence-electron chi connectivity index (χ2n) is 24.2. The number of carboxylic acid groups (broad SMARTS) is 1. The van der Waals surface area contributed by atoms with Crippen LogP contribution in [0.25, 0.3) is 0 Å². The smallest absolute Gasteiger partial charge is 0.410 e. The van der Waals surface area contributed by atoms with E-state index in [0.29, 0.717) is 86.5 Å². The first-order valence-corrected chi connectivity index (χ1v) is 34.6. The molecule has 5 amide bonds. The van der Waals surface area contributed by atoms with E-state index in [4.69, 9.17) is 15.6 Å². The van der Waals surface area contributed by atoms with Crippen molar-refractivity contribution in [3.8, 4) is 0 Å². The molecule has 3 atom stereocenters. The monoisotopic (exact) mass is 1490 g/mol. The average Bonchev–Trinajstić information content (AvgIpc) is 1.68. The Balaban J connectivity index is 0.000000158. The van der Waals surface area contributed by atoms with Crippen molar-refractivity contribution in [3.63, 3.8) is 0 Å². The van der Waals surface area contributed by atoms with Gasteiger partial charge in [0.15, 0.2) is 15.6 Å². The molecule has 10 aromatic heterocycles. The van der Waals surface area contributed by atoms with Gasteiger partial charge in [0.25, 0.3) is 11.8 Å². The number of carbonyl (C=O) groups excluding carboxylic acids is 5.